The molecular weight excluding hydrogens is 472 g/mol. The summed E-state index contributed by atoms with van der Waals surface area (Å²) in [6.45, 7) is 5.05. The van der Waals surface area contributed by atoms with Crippen LogP contribution in [-0.4, -0.2) is 92.4 Å². The fourth-order valence-corrected chi connectivity index (χ4v) is 6.50. The highest BCUT2D eigenvalue weighted by Crippen LogP contribution is 2.44. The summed E-state index contributed by atoms with van der Waals surface area (Å²) in [5.74, 6) is -1.33. The molecule has 11 heteroatoms. The van der Waals surface area contributed by atoms with Crippen molar-refractivity contribution < 1.29 is 28.6 Å². The quantitative estimate of drug-likeness (QED) is 0.498. The Morgan fingerprint density at radius 2 is 2.11 bits per heavy atom. The molecule has 4 saturated heterocycles. The molecule has 0 aromatic carbocycles. The molecule has 4 aliphatic heterocycles. The summed E-state index contributed by atoms with van der Waals surface area (Å²) in [5.41, 5.74) is 1.27. The smallest absolute Gasteiger partial charge is 0.331 e. The van der Waals surface area contributed by atoms with Crippen LogP contribution in [0.3, 0.4) is 0 Å². The van der Waals surface area contributed by atoms with Gasteiger partial charge in [-0.2, -0.15) is 0 Å². The van der Waals surface area contributed by atoms with Gasteiger partial charge in [0.25, 0.3) is 5.91 Å². The van der Waals surface area contributed by atoms with Crippen molar-refractivity contribution in [2.24, 2.45) is 16.7 Å². The SMILES string of the molecule is COC(=O)[C@@H](NC(=O)[C@@H]1CN(C(=O)c2cncs2)CC12CNC2)[C@@H](C)OCC12CCC(CC1)OC2. The van der Waals surface area contributed by atoms with Crippen molar-refractivity contribution >= 4 is 29.1 Å². The van der Waals surface area contributed by atoms with E-state index in [0.717, 1.165) is 25.7 Å². The van der Waals surface area contributed by atoms with E-state index in [0.29, 0.717) is 50.4 Å². The highest BCUT2D eigenvalue weighted by molar-refractivity contribution is 7.11. The zero-order valence-corrected chi connectivity index (χ0v) is 21.1. The van der Waals surface area contributed by atoms with Crippen LogP contribution in [0.4, 0.5) is 0 Å². The van der Waals surface area contributed by atoms with Gasteiger partial charge in [-0.3, -0.25) is 14.6 Å². The Labute approximate surface area is 209 Å². The zero-order chi connectivity index (χ0) is 24.6. The Morgan fingerprint density at radius 3 is 2.69 bits per heavy atom. The first-order chi connectivity index (χ1) is 16.8. The first kappa shape index (κ1) is 24.6. The van der Waals surface area contributed by atoms with Gasteiger partial charge in [-0.1, -0.05) is 0 Å². The highest BCUT2D eigenvalue weighted by Gasteiger charge is 2.55. The van der Waals surface area contributed by atoms with E-state index in [1.54, 1.807) is 23.5 Å². The average Bonchev–Trinajstić information content (AvgIpc) is 3.55. The summed E-state index contributed by atoms with van der Waals surface area (Å²) >= 11 is 1.29. The maximum atomic E-state index is 13.5. The highest BCUT2D eigenvalue weighted by atomic mass is 32.1. The van der Waals surface area contributed by atoms with Gasteiger partial charge in [0, 0.05) is 37.0 Å². The number of nitrogens with zero attached hydrogens (tertiary/aromatic N) is 2. The van der Waals surface area contributed by atoms with Crippen LogP contribution in [0.25, 0.3) is 0 Å². The number of aromatic nitrogens is 1. The lowest BCUT2D eigenvalue weighted by atomic mass is 9.72. The van der Waals surface area contributed by atoms with Crippen LogP contribution in [-0.2, 0) is 23.8 Å². The van der Waals surface area contributed by atoms with Gasteiger partial charge < -0.3 is 29.7 Å². The average molecular weight is 507 g/mol. The second-order valence-corrected chi connectivity index (χ2v) is 11.5. The number of hydrogen-bond acceptors (Lipinski definition) is 9. The van der Waals surface area contributed by atoms with Crippen LogP contribution in [0.15, 0.2) is 11.7 Å². The molecule has 5 aliphatic rings. The molecule has 192 valence electrons. The van der Waals surface area contributed by atoms with Crippen molar-refractivity contribution in [3.05, 3.63) is 16.6 Å². The lowest BCUT2D eigenvalue weighted by Gasteiger charge is -2.46. The van der Waals surface area contributed by atoms with Gasteiger partial charge in [0.05, 0.1) is 50.2 Å². The molecule has 6 rings (SSSR count). The van der Waals surface area contributed by atoms with Gasteiger partial charge in [-0.15, -0.1) is 11.3 Å². The van der Waals surface area contributed by atoms with Crippen molar-refractivity contribution in [1.29, 1.82) is 0 Å². The van der Waals surface area contributed by atoms with Crippen LogP contribution in [0, 0.1) is 16.7 Å². The third-order valence-corrected chi connectivity index (χ3v) is 9.10. The number of nitrogens with one attached hydrogen (secondary N) is 2. The van der Waals surface area contributed by atoms with E-state index in [1.807, 2.05) is 0 Å². The van der Waals surface area contributed by atoms with Gasteiger partial charge >= 0.3 is 5.97 Å². The van der Waals surface area contributed by atoms with E-state index in [4.69, 9.17) is 14.2 Å². The number of ether oxygens (including phenoxy) is 3. The van der Waals surface area contributed by atoms with E-state index in [2.05, 4.69) is 15.6 Å². The summed E-state index contributed by atoms with van der Waals surface area (Å²) in [5, 5.41) is 6.16. The topological polar surface area (TPSA) is 119 Å². The Bertz CT molecular complexity index is 930. The molecule has 0 unspecified atom stereocenters. The van der Waals surface area contributed by atoms with Crippen LogP contribution in [0.2, 0.25) is 0 Å². The number of carbonyl (C=O) groups excluding carboxylic acids is 3. The fourth-order valence-electron chi connectivity index (χ4n) is 5.91. The molecule has 2 bridgehead atoms. The molecule has 1 saturated carbocycles. The van der Waals surface area contributed by atoms with E-state index >= 15 is 0 Å². The van der Waals surface area contributed by atoms with E-state index in [9.17, 15) is 14.4 Å². The van der Waals surface area contributed by atoms with Gasteiger partial charge in [-0.05, 0) is 32.6 Å². The number of likely N-dealkylation sites (tertiary alicyclic amines) is 1. The zero-order valence-electron chi connectivity index (χ0n) is 20.3. The number of methoxy groups -OCH3 is 1. The summed E-state index contributed by atoms with van der Waals surface area (Å²) < 4.78 is 17.1. The lowest BCUT2D eigenvalue weighted by Crippen LogP contribution is -2.62. The van der Waals surface area contributed by atoms with Crippen LogP contribution >= 0.6 is 11.3 Å². The molecule has 5 fully saturated rings. The normalized spacial score (nSPS) is 30.5. The minimum atomic E-state index is -0.930. The van der Waals surface area contributed by atoms with Crippen molar-refractivity contribution in [3.63, 3.8) is 0 Å². The Balaban J connectivity index is 1.24. The number of fused-ring (bicyclic) bond motifs is 3. The lowest BCUT2D eigenvalue weighted by molar-refractivity contribution is -0.162. The number of esters is 1. The first-order valence-electron chi connectivity index (χ1n) is 12.3. The number of carbonyl (C=O) groups is 3. The molecule has 10 nitrogen and oxygen atoms in total. The standard InChI is InChI=1S/C24H34N4O6S/c1-15(33-12-23-5-3-16(4-6-23)34-13-23)19(22(31)32-2)27-20(29)17-8-28(11-24(17)9-26-10-24)21(30)18-7-25-14-35-18/h7,14-17,19,26H,3-6,8-13H2,1-2H3,(H,27,29)/t15-,16?,17+,19+,23?/m1/s1. The predicted molar refractivity (Wildman–Crippen MR) is 127 cm³/mol. The summed E-state index contributed by atoms with van der Waals surface area (Å²) in [6.07, 6.45) is 5.57. The van der Waals surface area contributed by atoms with Gasteiger partial charge in [0.15, 0.2) is 6.04 Å². The van der Waals surface area contributed by atoms with Crippen molar-refractivity contribution in [2.75, 3.05) is 46.5 Å². The number of amides is 2. The minimum absolute atomic E-state index is 0.0156. The second-order valence-electron chi connectivity index (χ2n) is 10.6. The number of hydrogen-bond donors (Lipinski definition) is 2. The maximum Gasteiger partial charge on any atom is 0.331 e. The van der Waals surface area contributed by atoms with Gasteiger partial charge in [0.1, 0.15) is 4.88 Å². The molecule has 5 heterocycles. The van der Waals surface area contributed by atoms with E-state index < -0.39 is 24.0 Å². The molecule has 3 atom stereocenters. The van der Waals surface area contributed by atoms with Crippen LogP contribution in [0.1, 0.15) is 42.3 Å². The van der Waals surface area contributed by atoms with Crippen molar-refractivity contribution in [3.8, 4) is 0 Å². The molecular formula is C24H34N4O6S. The van der Waals surface area contributed by atoms with Crippen molar-refractivity contribution in [2.45, 2.75) is 50.9 Å². The Hall–Kier alpha value is -2.08. The largest absolute Gasteiger partial charge is 0.467 e. The fraction of sp³-hybridized carbons (Fsp3) is 0.750. The Kier molecular flexibility index (Phi) is 6.86. The molecule has 35 heavy (non-hydrogen) atoms. The molecule has 2 amide bonds. The molecule has 1 aromatic heterocycles. The third-order valence-electron chi connectivity index (χ3n) is 8.34. The minimum Gasteiger partial charge on any atom is -0.467 e. The number of thiazole rings is 1. The summed E-state index contributed by atoms with van der Waals surface area (Å²) in [6, 6.07) is -0.930. The summed E-state index contributed by atoms with van der Waals surface area (Å²) in [7, 11) is 1.31. The third kappa shape index (κ3) is 4.71. The molecule has 1 aromatic rings. The van der Waals surface area contributed by atoms with Gasteiger partial charge in [0.2, 0.25) is 5.91 Å². The number of rotatable bonds is 8. The van der Waals surface area contributed by atoms with E-state index in [-0.39, 0.29) is 22.6 Å². The molecule has 1 aliphatic carbocycles. The first-order valence-corrected chi connectivity index (χ1v) is 13.2. The maximum absolute atomic E-state index is 13.5. The van der Waals surface area contributed by atoms with Crippen molar-refractivity contribution in [1.82, 2.24) is 20.5 Å². The second kappa shape index (κ2) is 9.76. The summed E-state index contributed by atoms with van der Waals surface area (Å²) in [4.78, 5) is 45.4. The molecule has 0 radical (unpaired) electrons. The monoisotopic (exact) mass is 506 g/mol. The molecule has 2 N–H and O–H groups in total. The Morgan fingerprint density at radius 1 is 1.34 bits per heavy atom. The molecule has 1 spiro atoms. The van der Waals surface area contributed by atoms with Crippen LogP contribution in [0.5, 0.6) is 0 Å². The van der Waals surface area contributed by atoms with E-state index in [1.165, 1.54) is 18.4 Å². The predicted octanol–water partition coefficient (Wildman–Crippen LogP) is 0.827. The van der Waals surface area contributed by atoms with Gasteiger partial charge in [-0.25, -0.2) is 4.79 Å². The van der Waals surface area contributed by atoms with Crippen LogP contribution < -0.4 is 10.6 Å².